The molecule has 0 aromatic carbocycles. The van der Waals surface area contributed by atoms with Crippen molar-refractivity contribution in [3.05, 3.63) is 24.2 Å². The van der Waals surface area contributed by atoms with Crippen molar-refractivity contribution in [3.8, 4) is 0 Å². The first kappa shape index (κ1) is 24.0. The highest BCUT2D eigenvalue weighted by atomic mass is 127. The molecular formula is C21H35IN4O3. The van der Waals surface area contributed by atoms with E-state index in [2.05, 4.69) is 22.0 Å². The first-order valence-corrected chi connectivity index (χ1v) is 10.7. The van der Waals surface area contributed by atoms with E-state index in [-0.39, 0.29) is 41.9 Å². The van der Waals surface area contributed by atoms with E-state index in [9.17, 15) is 4.79 Å². The van der Waals surface area contributed by atoms with E-state index in [0.717, 1.165) is 50.7 Å². The highest BCUT2D eigenvalue weighted by molar-refractivity contribution is 14.0. The normalized spacial score (nSPS) is 21.5. The SMILES string of the molecule is CCNC(=NCC(c1ccco1)N1CCCC1)N1CCCC(C(=O)OCC)C1.I. The summed E-state index contributed by atoms with van der Waals surface area (Å²) in [7, 11) is 0. The standard InChI is InChI=1S/C21H34N4O3.HI/c1-3-22-21(25-13-7-9-17(16-25)20(26)27-4-2)23-15-18(19-10-8-14-28-19)24-11-5-6-12-24;/h8,10,14,17-18H,3-7,9,11-13,15-16H2,1-2H3,(H,22,23);1H. The summed E-state index contributed by atoms with van der Waals surface area (Å²) in [6.07, 6.45) is 6.06. The van der Waals surface area contributed by atoms with Gasteiger partial charge in [0.2, 0.25) is 0 Å². The summed E-state index contributed by atoms with van der Waals surface area (Å²) in [5, 5.41) is 3.41. The largest absolute Gasteiger partial charge is 0.468 e. The molecule has 7 nitrogen and oxygen atoms in total. The molecule has 164 valence electrons. The Morgan fingerprint density at radius 2 is 2.10 bits per heavy atom. The van der Waals surface area contributed by atoms with Crippen molar-refractivity contribution in [1.29, 1.82) is 0 Å². The van der Waals surface area contributed by atoms with E-state index in [4.69, 9.17) is 14.1 Å². The fraction of sp³-hybridized carbons (Fsp3) is 0.714. The van der Waals surface area contributed by atoms with Crippen molar-refractivity contribution in [1.82, 2.24) is 15.1 Å². The van der Waals surface area contributed by atoms with Crippen LogP contribution in [0.3, 0.4) is 0 Å². The summed E-state index contributed by atoms with van der Waals surface area (Å²) in [5.74, 6) is 1.70. The van der Waals surface area contributed by atoms with Gasteiger partial charge in [0.05, 0.1) is 31.4 Å². The van der Waals surface area contributed by atoms with Crippen molar-refractivity contribution in [2.75, 3.05) is 45.9 Å². The third-order valence-corrected chi connectivity index (χ3v) is 5.54. The van der Waals surface area contributed by atoms with Crippen molar-refractivity contribution < 1.29 is 13.9 Å². The molecule has 0 aliphatic carbocycles. The number of piperidine rings is 1. The minimum atomic E-state index is -0.0893. The molecular weight excluding hydrogens is 483 g/mol. The number of carbonyl (C=O) groups excluding carboxylic acids is 1. The van der Waals surface area contributed by atoms with Crippen LogP contribution >= 0.6 is 24.0 Å². The van der Waals surface area contributed by atoms with E-state index in [1.54, 1.807) is 6.26 Å². The number of aliphatic imine (C=N–C) groups is 1. The van der Waals surface area contributed by atoms with E-state index < -0.39 is 0 Å². The molecule has 2 unspecified atom stereocenters. The average molecular weight is 518 g/mol. The maximum atomic E-state index is 12.2. The molecule has 2 fully saturated rings. The average Bonchev–Trinajstić information content (AvgIpc) is 3.42. The number of hydrogen-bond acceptors (Lipinski definition) is 5. The number of halogens is 1. The molecule has 1 aromatic heterocycles. The third-order valence-electron chi connectivity index (χ3n) is 5.54. The van der Waals surface area contributed by atoms with Crippen LogP contribution in [0.2, 0.25) is 0 Å². The number of nitrogens with zero attached hydrogens (tertiary/aromatic N) is 3. The summed E-state index contributed by atoms with van der Waals surface area (Å²) in [5.41, 5.74) is 0. The monoisotopic (exact) mass is 518 g/mol. The molecule has 29 heavy (non-hydrogen) atoms. The highest BCUT2D eigenvalue weighted by Crippen LogP contribution is 2.26. The van der Waals surface area contributed by atoms with Crippen LogP contribution in [0.25, 0.3) is 0 Å². The molecule has 2 aliphatic heterocycles. The summed E-state index contributed by atoms with van der Waals surface area (Å²) < 4.78 is 11.0. The number of carbonyl (C=O) groups is 1. The number of rotatable bonds is 7. The van der Waals surface area contributed by atoms with E-state index in [1.165, 1.54) is 12.8 Å². The Morgan fingerprint density at radius 1 is 1.31 bits per heavy atom. The van der Waals surface area contributed by atoms with Crippen molar-refractivity contribution in [3.63, 3.8) is 0 Å². The van der Waals surface area contributed by atoms with E-state index in [0.29, 0.717) is 19.7 Å². The van der Waals surface area contributed by atoms with Gasteiger partial charge in [-0.25, -0.2) is 0 Å². The Balaban J connectivity index is 0.00000300. The van der Waals surface area contributed by atoms with Gasteiger partial charge in [0, 0.05) is 19.6 Å². The summed E-state index contributed by atoms with van der Waals surface area (Å²) in [6.45, 7) is 9.58. The Morgan fingerprint density at radius 3 is 2.76 bits per heavy atom. The smallest absolute Gasteiger partial charge is 0.310 e. The van der Waals surface area contributed by atoms with Gasteiger partial charge >= 0.3 is 5.97 Å². The molecule has 2 atom stereocenters. The number of ether oxygens (including phenoxy) is 1. The molecule has 2 aliphatic rings. The maximum absolute atomic E-state index is 12.2. The van der Waals surface area contributed by atoms with Crippen LogP contribution in [0.4, 0.5) is 0 Å². The molecule has 1 aromatic rings. The Bertz CT molecular complexity index is 632. The minimum absolute atomic E-state index is 0. The van der Waals surface area contributed by atoms with Gasteiger partial charge in [-0.05, 0) is 64.8 Å². The lowest BCUT2D eigenvalue weighted by atomic mass is 9.98. The van der Waals surface area contributed by atoms with Crippen LogP contribution in [0.5, 0.6) is 0 Å². The molecule has 2 saturated heterocycles. The predicted molar refractivity (Wildman–Crippen MR) is 125 cm³/mol. The van der Waals surface area contributed by atoms with Crippen LogP contribution < -0.4 is 5.32 Å². The lowest BCUT2D eigenvalue weighted by molar-refractivity contribution is -0.149. The lowest BCUT2D eigenvalue weighted by Crippen LogP contribution is -2.48. The first-order chi connectivity index (χ1) is 13.7. The van der Waals surface area contributed by atoms with Crippen LogP contribution in [0, 0.1) is 5.92 Å². The molecule has 0 amide bonds. The number of esters is 1. The molecule has 0 radical (unpaired) electrons. The molecule has 8 heteroatoms. The fourth-order valence-corrected chi connectivity index (χ4v) is 4.14. The number of guanidine groups is 1. The summed E-state index contributed by atoms with van der Waals surface area (Å²) in [6, 6.07) is 4.15. The number of likely N-dealkylation sites (tertiary alicyclic amines) is 2. The Labute approximate surface area is 191 Å². The number of nitrogens with one attached hydrogen (secondary N) is 1. The second kappa shape index (κ2) is 12.4. The summed E-state index contributed by atoms with van der Waals surface area (Å²) >= 11 is 0. The van der Waals surface area contributed by atoms with Crippen molar-refractivity contribution >= 4 is 35.9 Å². The van der Waals surface area contributed by atoms with E-state index in [1.807, 2.05) is 19.1 Å². The van der Waals surface area contributed by atoms with Gasteiger partial charge < -0.3 is 19.4 Å². The van der Waals surface area contributed by atoms with Crippen molar-refractivity contribution in [2.24, 2.45) is 10.9 Å². The second-order valence-corrected chi connectivity index (χ2v) is 7.51. The lowest BCUT2D eigenvalue weighted by Gasteiger charge is -2.34. The van der Waals surface area contributed by atoms with Crippen LogP contribution in [-0.2, 0) is 9.53 Å². The molecule has 3 rings (SSSR count). The zero-order valence-corrected chi connectivity index (χ0v) is 20.0. The van der Waals surface area contributed by atoms with E-state index >= 15 is 0 Å². The van der Waals surface area contributed by atoms with Crippen molar-refractivity contribution in [2.45, 2.75) is 45.6 Å². The molecule has 3 heterocycles. The van der Waals surface area contributed by atoms with Gasteiger partial charge in [-0.1, -0.05) is 0 Å². The predicted octanol–water partition coefficient (Wildman–Crippen LogP) is 3.28. The van der Waals surface area contributed by atoms with Gasteiger partial charge in [-0.2, -0.15) is 0 Å². The summed E-state index contributed by atoms with van der Waals surface area (Å²) in [4.78, 5) is 21.8. The zero-order chi connectivity index (χ0) is 19.8. The van der Waals surface area contributed by atoms with Gasteiger partial charge in [0.1, 0.15) is 5.76 Å². The zero-order valence-electron chi connectivity index (χ0n) is 17.6. The minimum Gasteiger partial charge on any atom is -0.468 e. The first-order valence-electron chi connectivity index (χ1n) is 10.7. The topological polar surface area (TPSA) is 70.3 Å². The molecule has 0 bridgehead atoms. The fourth-order valence-electron chi connectivity index (χ4n) is 4.14. The number of furan rings is 1. The quantitative estimate of drug-likeness (QED) is 0.259. The maximum Gasteiger partial charge on any atom is 0.310 e. The van der Waals surface area contributed by atoms with Crippen LogP contribution in [0.1, 0.15) is 51.3 Å². The molecule has 0 saturated carbocycles. The van der Waals surface area contributed by atoms with Crippen LogP contribution in [-0.4, -0.2) is 67.6 Å². The van der Waals surface area contributed by atoms with Gasteiger partial charge in [-0.3, -0.25) is 14.7 Å². The molecule has 1 N–H and O–H groups in total. The highest BCUT2D eigenvalue weighted by Gasteiger charge is 2.29. The number of hydrogen-bond donors (Lipinski definition) is 1. The van der Waals surface area contributed by atoms with Gasteiger partial charge in [0.25, 0.3) is 0 Å². The second-order valence-electron chi connectivity index (χ2n) is 7.51. The molecule has 0 spiro atoms. The Hall–Kier alpha value is -1.29. The Kier molecular flexibility index (Phi) is 10.3. The van der Waals surface area contributed by atoms with Gasteiger partial charge in [-0.15, -0.1) is 24.0 Å². The van der Waals surface area contributed by atoms with Crippen LogP contribution in [0.15, 0.2) is 27.8 Å². The van der Waals surface area contributed by atoms with Gasteiger partial charge in [0.15, 0.2) is 5.96 Å². The third kappa shape index (κ3) is 6.60.